The highest BCUT2D eigenvalue weighted by Crippen LogP contribution is 2.28. The molecule has 0 bridgehead atoms. The minimum absolute atomic E-state index is 0.116. The third-order valence-electron chi connectivity index (χ3n) is 4.57. The lowest BCUT2D eigenvalue weighted by Gasteiger charge is -2.29. The van der Waals surface area contributed by atoms with Gasteiger partial charge >= 0.3 is 0 Å². The van der Waals surface area contributed by atoms with E-state index in [1.54, 1.807) is 0 Å². The van der Waals surface area contributed by atoms with Gasteiger partial charge in [0.1, 0.15) is 11.9 Å². The summed E-state index contributed by atoms with van der Waals surface area (Å²) in [6.45, 7) is 5.25. The van der Waals surface area contributed by atoms with Crippen LogP contribution < -0.4 is 0 Å². The summed E-state index contributed by atoms with van der Waals surface area (Å²) >= 11 is 0. The normalized spacial score (nSPS) is 14.8. The number of nitrogens with zero attached hydrogens (tertiary/aromatic N) is 4. The van der Waals surface area contributed by atoms with E-state index in [9.17, 15) is 4.79 Å². The predicted octanol–water partition coefficient (Wildman–Crippen LogP) is 2.49. The number of aryl methyl sites for hydroxylation is 2. The molecule has 24 heavy (non-hydrogen) atoms. The van der Waals surface area contributed by atoms with Crippen molar-refractivity contribution >= 4 is 5.91 Å². The Labute approximate surface area is 143 Å². The summed E-state index contributed by atoms with van der Waals surface area (Å²) < 4.78 is 0. The maximum Gasteiger partial charge on any atom is 0.245 e. The summed E-state index contributed by atoms with van der Waals surface area (Å²) in [6, 6.07) is 7.81. The monoisotopic (exact) mass is 324 g/mol. The number of amides is 1. The van der Waals surface area contributed by atoms with Crippen molar-refractivity contribution in [1.29, 1.82) is 0 Å². The molecule has 2 heterocycles. The molecule has 1 aromatic heterocycles. The Balaban J connectivity index is 1.86. The molecule has 1 aliphatic rings. The van der Waals surface area contributed by atoms with E-state index in [-0.39, 0.29) is 11.9 Å². The number of aromatic nitrogens is 2. The Hall–Kier alpha value is -2.27. The highest BCUT2D eigenvalue weighted by atomic mass is 16.2. The van der Waals surface area contributed by atoms with Crippen LogP contribution in [0.25, 0.3) is 0 Å². The van der Waals surface area contributed by atoms with Crippen LogP contribution in [0.5, 0.6) is 0 Å². The van der Waals surface area contributed by atoms with Crippen molar-refractivity contribution in [2.75, 3.05) is 14.1 Å². The van der Waals surface area contributed by atoms with Gasteiger partial charge in [-0.15, -0.1) is 0 Å². The van der Waals surface area contributed by atoms with Gasteiger partial charge < -0.3 is 4.90 Å². The van der Waals surface area contributed by atoms with Gasteiger partial charge in [-0.2, -0.15) is 0 Å². The zero-order valence-corrected chi connectivity index (χ0v) is 14.8. The SMILES string of the molecule is CCc1ncc2c(n1)CN(C(=O)C(c1ccccc1C)N(C)C)C2. The van der Waals surface area contributed by atoms with E-state index in [1.165, 1.54) is 0 Å². The van der Waals surface area contributed by atoms with Crippen LogP contribution in [0.4, 0.5) is 0 Å². The average molecular weight is 324 g/mol. The molecule has 1 aromatic carbocycles. The molecule has 1 amide bonds. The molecule has 0 spiro atoms. The van der Waals surface area contributed by atoms with E-state index in [0.29, 0.717) is 13.1 Å². The van der Waals surface area contributed by atoms with E-state index in [4.69, 9.17) is 0 Å². The third kappa shape index (κ3) is 3.04. The molecule has 2 aromatic rings. The van der Waals surface area contributed by atoms with Crippen molar-refractivity contribution in [2.45, 2.75) is 39.4 Å². The summed E-state index contributed by atoms with van der Waals surface area (Å²) in [5, 5.41) is 0. The largest absolute Gasteiger partial charge is 0.331 e. The topological polar surface area (TPSA) is 49.3 Å². The van der Waals surface area contributed by atoms with Crippen molar-refractivity contribution in [3.8, 4) is 0 Å². The highest BCUT2D eigenvalue weighted by molar-refractivity contribution is 5.84. The minimum Gasteiger partial charge on any atom is -0.331 e. The molecule has 5 heteroatoms. The summed E-state index contributed by atoms with van der Waals surface area (Å²) in [7, 11) is 3.90. The van der Waals surface area contributed by atoms with Gasteiger partial charge in [-0.25, -0.2) is 9.97 Å². The van der Waals surface area contributed by atoms with Crippen LogP contribution in [-0.4, -0.2) is 39.8 Å². The van der Waals surface area contributed by atoms with E-state index < -0.39 is 0 Å². The lowest BCUT2D eigenvalue weighted by Crippen LogP contribution is -2.38. The molecule has 0 radical (unpaired) electrons. The molecule has 1 atom stereocenters. The lowest BCUT2D eigenvalue weighted by atomic mass is 9.99. The number of fused-ring (bicyclic) bond motifs is 1. The van der Waals surface area contributed by atoms with Gasteiger partial charge in [-0.05, 0) is 32.1 Å². The van der Waals surface area contributed by atoms with Crippen molar-refractivity contribution < 1.29 is 4.79 Å². The number of hydrogen-bond acceptors (Lipinski definition) is 4. The van der Waals surface area contributed by atoms with Crippen LogP contribution in [0.2, 0.25) is 0 Å². The number of hydrogen-bond donors (Lipinski definition) is 0. The Morgan fingerprint density at radius 1 is 1.29 bits per heavy atom. The first-order chi connectivity index (χ1) is 11.5. The van der Waals surface area contributed by atoms with Crippen molar-refractivity contribution in [3.05, 3.63) is 58.7 Å². The predicted molar refractivity (Wildman–Crippen MR) is 93.3 cm³/mol. The standard InChI is InChI=1S/C19H24N4O/c1-5-17-20-10-14-11-23(12-16(14)21-17)19(24)18(22(3)4)15-9-7-6-8-13(15)2/h6-10,18H,5,11-12H2,1-4H3. The third-order valence-corrected chi connectivity index (χ3v) is 4.57. The molecule has 0 aliphatic carbocycles. The van der Waals surface area contributed by atoms with E-state index in [1.807, 2.05) is 55.2 Å². The van der Waals surface area contributed by atoms with Gasteiger partial charge in [-0.3, -0.25) is 9.69 Å². The second kappa shape index (κ2) is 6.69. The summed E-state index contributed by atoms with van der Waals surface area (Å²) in [5.41, 5.74) is 4.23. The molecule has 1 aliphatic heterocycles. The van der Waals surface area contributed by atoms with Gasteiger partial charge in [0.15, 0.2) is 0 Å². The Bertz CT molecular complexity index is 757. The van der Waals surface area contributed by atoms with Crippen LogP contribution in [0.15, 0.2) is 30.5 Å². The lowest BCUT2D eigenvalue weighted by molar-refractivity contribution is -0.137. The molecule has 0 saturated carbocycles. The second-order valence-electron chi connectivity index (χ2n) is 6.53. The van der Waals surface area contributed by atoms with Gasteiger partial charge in [0, 0.05) is 24.7 Å². The minimum atomic E-state index is -0.279. The molecule has 3 rings (SSSR count). The zero-order chi connectivity index (χ0) is 17.3. The average Bonchev–Trinajstić information content (AvgIpc) is 2.99. The van der Waals surface area contributed by atoms with Crippen molar-refractivity contribution in [2.24, 2.45) is 0 Å². The molecule has 126 valence electrons. The molecule has 0 saturated heterocycles. The molecule has 5 nitrogen and oxygen atoms in total. The number of carbonyl (C=O) groups excluding carboxylic acids is 1. The fraction of sp³-hybridized carbons (Fsp3) is 0.421. The fourth-order valence-corrected chi connectivity index (χ4v) is 3.22. The van der Waals surface area contributed by atoms with Gasteiger partial charge in [-0.1, -0.05) is 31.2 Å². The van der Waals surface area contributed by atoms with Crippen LogP contribution in [0.3, 0.4) is 0 Å². The maximum absolute atomic E-state index is 13.2. The smallest absolute Gasteiger partial charge is 0.245 e. The Morgan fingerprint density at radius 2 is 2.04 bits per heavy atom. The molecule has 0 fully saturated rings. The van der Waals surface area contributed by atoms with Gasteiger partial charge in [0.25, 0.3) is 0 Å². The summed E-state index contributed by atoms with van der Waals surface area (Å²) in [5.74, 6) is 0.955. The first kappa shape index (κ1) is 16.6. The fourth-order valence-electron chi connectivity index (χ4n) is 3.22. The van der Waals surface area contributed by atoms with Crippen molar-refractivity contribution in [3.63, 3.8) is 0 Å². The second-order valence-corrected chi connectivity index (χ2v) is 6.53. The van der Waals surface area contributed by atoms with E-state index >= 15 is 0 Å². The van der Waals surface area contributed by atoms with Crippen molar-refractivity contribution in [1.82, 2.24) is 19.8 Å². The van der Waals surface area contributed by atoms with Gasteiger partial charge in [0.2, 0.25) is 5.91 Å². The van der Waals surface area contributed by atoms with Crippen LogP contribution >= 0.6 is 0 Å². The molecular weight excluding hydrogens is 300 g/mol. The molecule has 1 unspecified atom stereocenters. The Kier molecular flexibility index (Phi) is 4.62. The number of benzene rings is 1. The Morgan fingerprint density at radius 3 is 2.71 bits per heavy atom. The summed E-state index contributed by atoms with van der Waals surface area (Å²) in [6.07, 6.45) is 2.68. The van der Waals surface area contributed by atoms with Crippen LogP contribution in [0.1, 0.15) is 41.2 Å². The van der Waals surface area contributed by atoms with Crippen LogP contribution in [-0.2, 0) is 24.3 Å². The molecular formula is C19H24N4O. The van der Waals surface area contributed by atoms with Crippen LogP contribution in [0, 0.1) is 6.92 Å². The van der Waals surface area contributed by atoms with E-state index in [2.05, 4.69) is 23.0 Å². The molecule has 0 N–H and O–H groups in total. The maximum atomic E-state index is 13.2. The first-order valence-corrected chi connectivity index (χ1v) is 8.35. The first-order valence-electron chi connectivity index (χ1n) is 8.35. The zero-order valence-electron chi connectivity index (χ0n) is 14.8. The highest BCUT2D eigenvalue weighted by Gasteiger charge is 2.33. The number of likely N-dealkylation sites (N-methyl/N-ethyl adjacent to an activating group) is 1. The quantitative estimate of drug-likeness (QED) is 0.867. The summed E-state index contributed by atoms with van der Waals surface area (Å²) in [4.78, 5) is 26.0. The number of carbonyl (C=O) groups is 1. The number of rotatable bonds is 4. The van der Waals surface area contributed by atoms with E-state index in [0.717, 1.165) is 34.6 Å². The van der Waals surface area contributed by atoms with Gasteiger partial charge in [0.05, 0.1) is 12.2 Å².